The smallest absolute Gasteiger partial charge is 0.251 e. The SMILES string of the molecule is CN(CCCc1cc(-c2ccc(F)cc2)n[nH]1)C(=O)CCCNC(=O)c1ccccc1. The second-order valence-corrected chi connectivity index (χ2v) is 7.43. The second-order valence-electron chi connectivity index (χ2n) is 7.43. The first kappa shape index (κ1) is 22.2. The summed E-state index contributed by atoms with van der Waals surface area (Å²) in [6.45, 7) is 1.10. The summed E-state index contributed by atoms with van der Waals surface area (Å²) in [6, 6.07) is 17.2. The van der Waals surface area contributed by atoms with E-state index >= 15 is 0 Å². The number of aromatic nitrogens is 2. The van der Waals surface area contributed by atoms with E-state index in [-0.39, 0.29) is 17.6 Å². The number of amides is 2. The van der Waals surface area contributed by atoms with Gasteiger partial charge in [0.2, 0.25) is 5.91 Å². The molecule has 0 atom stereocenters. The highest BCUT2D eigenvalue weighted by Crippen LogP contribution is 2.18. The lowest BCUT2D eigenvalue weighted by molar-refractivity contribution is -0.130. The number of hydrogen-bond donors (Lipinski definition) is 2. The molecule has 0 saturated carbocycles. The number of nitrogens with one attached hydrogen (secondary N) is 2. The predicted molar refractivity (Wildman–Crippen MR) is 118 cm³/mol. The van der Waals surface area contributed by atoms with Crippen molar-refractivity contribution in [3.63, 3.8) is 0 Å². The van der Waals surface area contributed by atoms with Crippen LogP contribution in [0.5, 0.6) is 0 Å². The molecule has 0 saturated heterocycles. The molecule has 6 nitrogen and oxygen atoms in total. The fraction of sp³-hybridized carbons (Fsp3) is 0.292. The number of benzene rings is 2. The Labute approximate surface area is 181 Å². The van der Waals surface area contributed by atoms with E-state index < -0.39 is 0 Å². The first-order chi connectivity index (χ1) is 15.0. The highest BCUT2D eigenvalue weighted by atomic mass is 19.1. The van der Waals surface area contributed by atoms with Crippen molar-refractivity contribution in [1.82, 2.24) is 20.4 Å². The number of nitrogens with zero attached hydrogens (tertiary/aromatic N) is 2. The Balaban J connectivity index is 1.33. The molecule has 2 N–H and O–H groups in total. The van der Waals surface area contributed by atoms with Crippen LogP contribution in [0.25, 0.3) is 11.3 Å². The molecule has 0 spiro atoms. The van der Waals surface area contributed by atoms with Crippen LogP contribution in [0.15, 0.2) is 60.7 Å². The first-order valence-electron chi connectivity index (χ1n) is 10.4. The van der Waals surface area contributed by atoms with Gasteiger partial charge in [-0.1, -0.05) is 18.2 Å². The largest absolute Gasteiger partial charge is 0.352 e. The van der Waals surface area contributed by atoms with Crippen LogP contribution in [-0.2, 0) is 11.2 Å². The summed E-state index contributed by atoms with van der Waals surface area (Å²) in [5.41, 5.74) is 3.23. The van der Waals surface area contributed by atoms with Crippen LogP contribution in [0, 0.1) is 5.82 Å². The van der Waals surface area contributed by atoms with Crippen LogP contribution >= 0.6 is 0 Å². The molecule has 0 bridgehead atoms. The fourth-order valence-electron chi connectivity index (χ4n) is 3.21. The molecule has 1 heterocycles. The van der Waals surface area contributed by atoms with Gasteiger partial charge in [-0.3, -0.25) is 14.7 Å². The van der Waals surface area contributed by atoms with E-state index in [0.717, 1.165) is 29.8 Å². The highest BCUT2D eigenvalue weighted by Gasteiger charge is 2.10. The van der Waals surface area contributed by atoms with Crippen LogP contribution in [-0.4, -0.2) is 47.0 Å². The molecule has 2 amide bonds. The number of carbonyl (C=O) groups excluding carboxylic acids is 2. The Bertz CT molecular complexity index is 986. The maximum atomic E-state index is 13.0. The fourth-order valence-corrected chi connectivity index (χ4v) is 3.21. The van der Waals surface area contributed by atoms with Gasteiger partial charge in [-0.2, -0.15) is 5.10 Å². The van der Waals surface area contributed by atoms with Gasteiger partial charge < -0.3 is 10.2 Å². The Morgan fingerprint density at radius 1 is 1.06 bits per heavy atom. The summed E-state index contributed by atoms with van der Waals surface area (Å²) < 4.78 is 13.0. The van der Waals surface area contributed by atoms with Gasteiger partial charge in [0.25, 0.3) is 5.91 Å². The quantitative estimate of drug-likeness (QED) is 0.488. The average molecular weight is 423 g/mol. The van der Waals surface area contributed by atoms with Gasteiger partial charge in [-0.25, -0.2) is 4.39 Å². The van der Waals surface area contributed by atoms with Crippen molar-refractivity contribution in [3.05, 3.63) is 77.7 Å². The molecule has 0 radical (unpaired) electrons. The van der Waals surface area contributed by atoms with E-state index in [9.17, 15) is 14.0 Å². The zero-order chi connectivity index (χ0) is 22.1. The molecule has 1 aromatic heterocycles. The van der Waals surface area contributed by atoms with Crippen LogP contribution < -0.4 is 5.32 Å². The van der Waals surface area contributed by atoms with E-state index in [0.29, 0.717) is 31.5 Å². The molecule has 31 heavy (non-hydrogen) atoms. The topological polar surface area (TPSA) is 78.1 Å². The van der Waals surface area contributed by atoms with Gasteiger partial charge in [-0.05, 0) is 61.7 Å². The van der Waals surface area contributed by atoms with Crippen LogP contribution in [0.4, 0.5) is 4.39 Å². The third kappa shape index (κ3) is 6.77. The third-order valence-electron chi connectivity index (χ3n) is 5.03. The lowest BCUT2D eigenvalue weighted by Crippen LogP contribution is -2.30. The molecule has 2 aromatic carbocycles. The molecule has 0 aliphatic rings. The zero-order valence-electron chi connectivity index (χ0n) is 17.6. The number of rotatable bonds is 10. The predicted octanol–water partition coefficient (Wildman–Crippen LogP) is 3.82. The minimum Gasteiger partial charge on any atom is -0.352 e. The van der Waals surface area contributed by atoms with Crippen LogP contribution in [0.2, 0.25) is 0 Å². The van der Waals surface area contributed by atoms with Crippen molar-refractivity contribution in [2.75, 3.05) is 20.1 Å². The van der Waals surface area contributed by atoms with E-state index in [4.69, 9.17) is 0 Å². The minimum absolute atomic E-state index is 0.0607. The normalized spacial score (nSPS) is 10.6. The number of hydrogen-bond acceptors (Lipinski definition) is 3. The van der Waals surface area contributed by atoms with Crippen molar-refractivity contribution < 1.29 is 14.0 Å². The third-order valence-corrected chi connectivity index (χ3v) is 5.03. The minimum atomic E-state index is -0.272. The standard InChI is InChI=1S/C24H27FN4O2/c1-29(23(30)10-5-15-26-24(31)19-7-3-2-4-8-19)16-6-9-21-17-22(28-27-21)18-11-13-20(25)14-12-18/h2-4,7-8,11-14,17H,5-6,9-10,15-16H2,1H3,(H,26,31)(H,27,28). The second kappa shape index (κ2) is 11.1. The lowest BCUT2D eigenvalue weighted by atomic mass is 10.1. The molecule has 0 fully saturated rings. The van der Waals surface area contributed by atoms with Crippen molar-refractivity contribution in [2.45, 2.75) is 25.7 Å². The molecule has 3 aromatic rings. The molecular formula is C24H27FN4O2. The Morgan fingerprint density at radius 3 is 2.55 bits per heavy atom. The Kier molecular flexibility index (Phi) is 7.92. The van der Waals surface area contributed by atoms with E-state index in [2.05, 4.69) is 15.5 Å². The molecule has 0 unspecified atom stereocenters. The summed E-state index contributed by atoms with van der Waals surface area (Å²) in [6.07, 6.45) is 2.56. The molecular weight excluding hydrogens is 395 g/mol. The maximum absolute atomic E-state index is 13.0. The summed E-state index contributed by atoms with van der Waals surface area (Å²) in [5.74, 6) is -0.336. The van der Waals surface area contributed by atoms with Gasteiger partial charge in [0.1, 0.15) is 5.82 Å². The summed E-state index contributed by atoms with van der Waals surface area (Å²) in [5, 5.41) is 10.1. The van der Waals surface area contributed by atoms with Crippen molar-refractivity contribution in [1.29, 1.82) is 0 Å². The van der Waals surface area contributed by atoms with Gasteiger partial charge in [0, 0.05) is 43.4 Å². The number of aromatic amines is 1. The molecule has 7 heteroatoms. The lowest BCUT2D eigenvalue weighted by Gasteiger charge is -2.17. The van der Waals surface area contributed by atoms with Crippen LogP contribution in [0.1, 0.15) is 35.3 Å². The molecule has 162 valence electrons. The van der Waals surface area contributed by atoms with Gasteiger partial charge in [0.15, 0.2) is 0 Å². The van der Waals surface area contributed by atoms with Crippen LogP contribution in [0.3, 0.4) is 0 Å². The van der Waals surface area contributed by atoms with E-state index in [1.807, 2.05) is 24.3 Å². The monoisotopic (exact) mass is 422 g/mol. The van der Waals surface area contributed by atoms with Crippen molar-refractivity contribution in [2.24, 2.45) is 0 Å². The number of H-pyrrole nitrogens is 1. The zero-order valence-corrected chi connectivity index (χ0v) is 17.6. The number of carbonyl (C=O) groups is 2. The van der Waals surface area contributed by atoms with Gasteiger partial charge in [-0.15, -0.1) is 0 Å². The Morgan fingerprint density at radius 2 is 1.81 bits per heavy atom. The van der Waals surface area contributed by atoms with E-state index in [1.54, 1.807) is 36.2 Å². The molecule has 0 aliphatic carbocycles. The van der Waals surface area contributed by atoms with Gasteiger partial charge in [0.05, 0.1) is 5.69 Å². The maximum Gasteiger partial charge on any atom is 0.251 e. The average Bonchev–Trinajstić information content (AvgIpc) is 3.26. The number of aryl methyl sites for hydroxylation is 1. The van der Waals surface area contributed by atoms with Gasteiger partial charge >= 0.3 is 0 Å². The first-order valence-corrected chi connectivity index (χ1v) is 10.4. The summed E-state index contributed by atoms with van der Waals surface area (Å²) >= 11 is 0. The molecule has 3 rings (SSSR count). The van der Waals surface area contributed by atoms with Crippen molar-refractivity contribution in [3.8, 4) is 11.3 Å². The number of halogens is 1. The molecule has 0 aliphatic heterocycles. The van der Waals surface area contributed by atoms with Crippen molar-refractivity contribution >= 4 is 11.8 Å². The Hall–Kier alpha value is -3.48. The van der Waals surface area contributed by atoms with E-state index in [1.165, 1.54) is 12.1 Å². The summed E-state index contributed by atoms with van der Waals surface area (Å²) in [4.78, 5) is 26.0. The highest BCUT2D eigenvalue weighted by molar-refractivity contribution is 5.94. The summed E-state index contributed by atoms with van der Waals surface area (Å²) in [7, 11) is 1.79.